The van der Waals surface area contributed by atoms with Crippen LogP contribution in [0.15, 0.2) is 46.9 Å². The lowest BCUT2D eigenvalue weighted by atomic mass is 9.96. The Labute approximate surface area is 125 Å². The number of nitrogens with zero attached hydrogens (tertiary/aromatic N) is 1. The van der Waals surface area contributed by atoms with Gasteiger partial charge < -0.3 is 4.57 Å². The van der Waals surface area contributed by atoms with Crippen molar-refractivity contribution < 1.29 is 4.79 Å². The van der Waals surface area contributed by atoms with E-state index in [1.54, 1.807) is 0 Å². The summed E-state index contributed by atoms with van der Waals surface area (Å²) < 4.78 is 3.32. The van der Waals surface area contributed by atoms with Gasteiger partial charge in [-0.1, -0.05) is 40.2 Å². The first-order valence-corrected chi connectivity index (χ1v) is 7.44. The minimum atomic E-state index is 0.805. The van der Waals surface area contributed by atoms with E-state index in [-0.39, 0.29) is 0 Å². The molecule has 98 valence electrons. The van der Waals surface area contributed by atoms with E-state index in [1.165, 1.54) is 11.1 Å². The van der Waals surface area contributed by atoms with Crippen LogP contribution in [0, 0.1) is 0 Å². The number of hydrogen-bond acceptors (Lipinski definition) is 1. The zero-order chi connectivity index (χ0) is 13.7. The van der Waals surface area contributed by atoms with Crippen LogP contribution in [0.5, 0.6) is 0 Å². The fraction of sp³-hybridized carbons (Fsp3) is 0.118. The normalized spacial score (nSPS) is 13.1. The van der Waals surface area contributed by atoms with Gasteiger partial charge in [-0.05, 0) is 30.2 Å². The minimum Gasteiger partial charge on any atom is -0.340 e. The predicted octanol–water partition coefficient (Wildman–Crippen LogP) is 4.44. The maximum absolute atomic E-state index is 11.6. The molecular weight excluding hydrogens is 314 g/mol. The maximum Gasteiger partial charge on any atom is 0.152 e. The van der Waals surface area contributed by atoms with Gasteiger partial charge in [-0.3, -0.25) is 4.79 Å². The van der Waals surface area contributed by atoms with Gasteiger partial charge >= 0.3 is 0 Å². The number of carbonyl (C=O) groups excluding carboxylic acids is 1. The first-order chi connectivity index (χ1) is 9.79. The maximum atomic E-state index is 11.6. The van der Waals surface area contributed by atoms with Gasteiger partial charge in [0.2, 0.25) is 0 Å². The van der Waals surface area contributed by atoms with Crippen molar-refractivity contribution in [2.24, 2.45) is 0 Å². The van der Waals surface area contributed by atoms with Crippen LogP contribution in [-0.4, -0.2) is 10.9 Å². The number of aromatic nitrogens is 1. The lowest BCUT2D eigenvalue weighted by molar-refractivity contribution is 0.112. The van der Waals surface area contributed by atoms with Gasteiger partial charge in [0.1, 0.15) is 0 Å². The quantitative estimate of drug-likeness (QED) is 0.606. The SMILES string of the molecule is O=Cc1c2n(c3ccccc13)CCc1ccc(Br)cc1-2. The average molecular weight is 326 g/mol. The van der Waals surface area contributed by atoms with E-state index in [4.69, 9.17) is 0 Å². The van der Waals surface area contributed by atoms with Gasteiger partial charge in [-0.15, -0.1) is 0 Å². The topological polar surface area (TPSA) is 22.0 Å². The molecule has 0 amide bonds. The standard InChI is InChI=1S/C17H12BrNO/c18-12-6-5-11-7-8-19-16-4-2-1-3-13(16)15(10-20)17(19)14(11)9-12/h1-6,9-10H,7-8H2. The van der Waals surface area contributed by atoms with Crippen molar-refractivity contribution in [3.8, 4) is 11.3 Å². The lowest BCUT2D eigenvalue weighted by Gasteiger charge is -2.21. The molecule has 0 radical (unpaired) electrons. The largest absolute Gasteiger partial charge is 0.340 e. The number of rotatable bonds is 1. The van der Waals surface area contributed by atoms with Crippen molar-refractivity contribution in [3.63, 3.8) is 0 Å². The number of carbonyl (C=O) groups is 1. The first kappa shape index (κ1) is 11.9. The average Bonchev–Trinajstić information content (AvgIpc) is 2.81. The number of para-hydroxylation sites is 1. The molecule has 0 bridgehead atoms. The Morgan fingerprint density at radius 1 is 1.15 bits per heavy atom. The van der Waals surface area contributed by atoms with Crippen molar-refractivity contribution in [2.45, 2.75) is 13.0 Å². The first-order valence-electron chi connectivity index (χ1n) is 6.65. The molecule has 2 nitrogen and oxygen atoms in total. The lowest BCUT2D eigenvalue weighted by Crippen LogP contribution is -2.11. The fourth-order valence-corrected chi connectivity index (χ4v) is 3.55. The zero-order valence-electron chi connectivity index (χ0n) is 10.8. The molecule has 0 atom stereocenters. The molecule has 0 aliphatic carbocycles. The molecule has 1 aliphatic heterocycles. The van der Waals surface area contributed by atoms with E-state index in [1.807, 2.05) is 18.2 Å². The van der Waals surface area contributed by atoms with E-state index in [9.17, 15) is 4.79 Å². The van der Waals surface area contributed by atoms with Crippen molar-refractivity contribution >= 4 is 33.1 Å². The Kier molecular flexibility index (Phi) is 2.57. The third-order valence-electron chi connectivity index (χ3n) is 4.06. The molecule has 3 heteroatoms. The second kappa shape index (κ2) is 4.32. The third kappa shape index (κ3) is 1.53. The second-order valence-electron chi connectivity index (χ2n) is 5.10. The van der Waals surface area contributed by atoms with E-state index in [0.717, 1.165) is 45.9 Å². The molecule has 20 heavy (non-hydrogen) atoms. The number of hydrogen-bond donors (Lipinski definition) is 0. The molecule has 2 aromatic carbocycles. The number of halogens is 1. The summed E-state index contributed by atoms with van der Waals surface area (Å²) in [5.74, 6) is 0. The summed E-state index contributed by atoms with van der Waals surface area (Å²) in [6.45, 7) is 0.929. The van der Waals surface area contributed by atoms with E-state index < -0.39 is 0 Å². The molecule has 0 fully saturated rings. The summed E-state index contributed by atoms with van der Waals surface area (Å²) in [5, 5.41) is 1.05. The number of fused-ring (bicyclic) bond motifs is 5. The van der Waals surface area contributed by atoms with Crippen molar-refractivity contribution in [2.75, 3.05) is 0 Å². The van der Waals surface area contributed by atoms with Crippen molar-refractivity contribution in [1.82, 2.24) is 4.57 Å². The minimum absolute atomic E-state index is 0.805. The molecule has 1 aromatic heterocycles. The highest BCUT2D eigenvalue weighted by Gasteiger charge is 2.23. The van der Waals surface area contributed by atoms with Crippen LogP contribution in [0.1, 0.15) is 15.9 Å². The summed E-state index contributed by atoms with van der Waals surface area (Å²) in [7, 11) is 0. The summed E-state index contributed by atoms with van der Waals surface area (Å²) in [5.41, 5.74) is 5.49. The Morgan fingerprint density at radius 3 is 2.85 bits per heavy atom. The molecule has 0 spiro atoms. The van der Waals surface area contributed by atoms with Gasteiger partial charge in [0.15, 0.2) is 6.29 Å². The highest BCUT2D eigenvalue weighted by Crippen LogP contribution is 2.39. The van der Waals surface area contributed by atoms with E-state index in [2.05, 4.69) is 44.8 Å². The van der Waals surface area contributed by atoms with Crippen molar-refractivity contribution in [1.29, 1.82) is 0 Å². The Balaban J connectivity index is 2.17. The van der Waals surface area contributed by atoms with Gasteiger partial charge in [-0.2, -0.15) is 0 Å². The molecule has 0 N–H and O–H groups in total. The van der Waals surface area contributed by atoms with Crippen LogP contribution in [-0.2, 0) is 13.0 Å². The van der Waals surface area contributed by atoms with E-state index >= 15 is 0 Å². The molecule has 0 unspecified atom stereocenters. The molecule has 3 aromatic rings. The monoisotopic (exact) mass is 325 g/mol. The van der Waals surface area contributed by atoms with Crippen LogP contribution < -0.4 is 0 Å². The number of aldehydes is 1. The number of benzene rings is 2. The Bertz CT molecular complexity index is 848. The predicted molar refractivity (Wildman–Crippen MR) is 84.2 cm³/mol. The van der Waals surface area contributed by atoms with E-state index in [0.29, 0.717) is 0 Å². The van der Waals surface area contributed by atoms with Gasteiger partial charge in [-0.25, -0.2) is 0 Å². The van der Waals surface area contributed by atoms with Gasteiger partial charge in [0.05, 0.1) is 5.69 Å². The summed E-state index contributed by atoms with van der Waals surface area (Å²) >= 11 is 3.53. The molecule has 0 saturated heterocycles. The van der Waals surface area contributed by atoms with Crippen LogP contribution in [0.25, 0.3) is 22.2 Å². The van der Waals surface area contributed by atoms with Crippen LogP contribution >= 0.6 is 15.9 Å². The summed E-state index contributed by atoms with van der Waals surface area (Å²) in [4.78, 5) is 11.6. The highest BCUT2D eigenvalue weighted by molar-refractivity contribution is 9.10. The molecular formula is C17H12BrNO. The van der Waals surface area contributed by atoms with Crippen molar-refractivity contribution in [3.05, 3.63) is 58.1 Å². The second-order valence-corrected chi connectivity index (χ2v) is 6.02. The molecule has 2 heterocycles. The highest BCUT2D eigenvalue weighted by atomic mass is 79.9. The molecule has 0 saturated carbocycles. The Hall–Kier alpha value is -1.87. The van der Waals surface area contributed by atoms with Gasteiger partial charge in [0, 0.05) is 33.0 Å². The van der Waals surface area contributed by atoms with Crippen LogP contribution in [0.2, 0.25) is 0 Å². The van der Waals surface area contributed by atoms with Crippen LogP contribution in [0.3, 0.4) is 0 Å². The fourth-order valence-electron chi connectivity index (χ4n) is 3.19. The summed E-state index contributed by atoms with van der Waals surface area (Å²) in [6, 6.07) is 14.5. The van der Waals surface area contributed by atoms with Crippen LogP contribution in [0.4, 0.5) is 0 Å². The van der Waals surface area contributed by atoms with Gasteiger partial charge in [0.25, 0.3) is 0 Å². The zero-order valence-corrected chi connectivity index (χ0v) is 12.4. The summed E-state index contributed by atoms with van der Waals surface area (Å²) in [6.07, 6.45) is 2.00. The molecule has 1 aliphatic rings. The third-order valence-corrected chi connectivity index (χ3v) is 4.55. The molecule has 4 rings (SSSR count). The smallest absolute Gasteiger partial charge is 0.152 e. The number of aryl methyl sites for hydroxylation is 2. The Morgan fingerprint density at radius 2 is 2.00 bits per heavy atom.